The molecule has 0 aliphatic heterocycles. The van der Waals surface area contributed by atoms with Crippen LogP contribution < -0.4 is 0 Å². The van der Waals surface area contributed by atoms with Crippen LogP contribution in [-0.4, -0.2) is 14.1 Å². The molecule has 0 aromatic rings. The van der Waals surface area contributed by atoms with Gasteiger partial charge in [0.25, 0.3) is 0 Å². The molecule has 0 aliphatic carbocycles. The summed E-state index contributed by atoms with van der Waals surface area (Å²) in [6.45, 7) is 4.02. The maximum Gasteiger partial charge on any atom is 0.197 e. The zero-order valence-corrected chi connectivity index (χ0v) is 6.99. The predicted molar refractivity (Wildman–Crippen MR) is 35.5 cm³/mol. The first-order valence-electron chi connectivity index (χ1n) is 2.06. The molecule has 0 radical (unpaired) electrons. The lowest BCUT2D eigenvalue weighted by Gasteiger charge is -2.04. The fourth-order valence-electron chi connectivity index (χ4n) is 0.206. The van der Waals surface area contributed by atoms with Gasteiger partial charge in [0.05, 0.1) is 0 Å². The van der Waals surface area contributed by atoms with Gasteiger partial charge in [0, 0.05) is 0 Å². The Morgan fingerprint density at radius 2 is 1.86 bits per heavy atom. The second-order valence-corrected chi connectivity index (χ2v) is 4.83. The Labute approximate surface area is 55.3 Å². The van der Waals surface area contributed by atoms with Crippen LogP contribution in [0.15, 0.2) is 0 Å². The molecular formula is C3H8Cl2OSi. The van der Waals surface area contributed by atoms with E-state index >= 15 is 0 Å². The quantitative estimate of drug-likeness (QED) is 0.440. The molecule has 1 nitrogen and oxygen atoms in total. The van der Waals surface area contributed by atoms with Crippen LogP contribution in [-0.2, 0) is 4.43 Å². The topological polar surface area (TPSA) is 9.23 Å². The molecule has 0 rings (SSSR count). The summed E-state index contributed by atoms with van der Waals surface area (Å²) in [4.78, 5) is 0. The van der Waals surface area contributed by atoms with Crippen LogP contribution in [0, 0.1) is 0 Å². The van der Waals surface area contributed by atoms with Gasteiger partial charge in [0.1, 0.15) is 0 Å². The van der Waals surface area contributed by atoms with E-state index in [1.807, 2.05) is 13.1 Å². The minimum atomic E-state index is -0.992. The van der Waals surface area contributed by atoms with Gasteiger partial charge in [-0.1, -0.05) is 23.2 Å². The van der Waals surface area contributed by atoms with Crippen molar-refractivity contribution >= 4 is 32.2 Å². The Balaban J connectivity index is 2.95. The molecule has 7 heavy (non-hydrogen) atoms. The van der Waals surface area contributed by atoms with Crippen molar-refractivity contribution in [1.29, 1.82) is 0 Å². The van der Waals surface area contributed by atoms with E-state index < -0.39 is 14.1 Å². The maximum absolute atomic E-state index is 5.25. The third-order valence-corrected chi connectivity index (χ3v) is 1.74. The van der Waals surface area contributed by atoms with Crippen molar-refractivity contribution in [1.82, 2.24) is 0 Å². The van der Waals surface area contributed by atoms with E-state index in [0.29, 0.717) is 0 Å². The van der Waals surface area contributed by atoms with Crippen molar-refractivity contribution in [2.24, 2.45) is 0 Å². The Kier molecular flexibility index (Phi) is 4.12. The molecule has 0 aliphatic rings. The molecule has 0 amide bonds. The first-order valence-corrected chi connectivity index (χ1v) is 5.72. The standard InChI is InChI=1S/C3H8Cl2OSi/c1-7(2)6-3(4)5/h3,7H,1-2H3. The SMILES string of the molecule is C[SiH](C)OC(Cl)Cl. The predicted octanol–water partition coefficient (Wildman–Crippen LogP) is 1.75. The number of hydrogen-bond acceptors (Lipinski definition) is 1. The van der Waals surface area contributed by atoms with Crippen LogP contribution in [0.3, 0.4) is 0 Å². The Hall–Kier alpha value is 0.757. The van der Waals surface area contributed by atoms with Crippen LogP contribution in [0.25, 0.3) is 0 Å². The number of rotatable bonds is 2. The molecular weight excluding hydrogens is 151 g/mol. The first-order chi connectivity index (χ1) is 3.13. The first kappa shape index (κ1) is 7.76. The molecule has 44 valence electrons. The average Bonchev–Trinajstić information content (AvgIpc) is 1.27. The average molecular weight is 159 g/mol. The minimum absolute atomic E-state index is 0.619. The number of alkyl halides is 2. The number of halogens is 2. The zero-order valence-electron chi connectivity index (χ0n) is 4.32. The molecule has 0 unspecified atom stereocenters. The highest BCUT2D eigenvalue weighted by molar-refractivity contribution is 6.52. The normalized spacial score (nSPS) is 11.1. The molecule has 4 heteroatoms. The van der Waals surface area contributed by atoms with Gasteiger partial charge in [0.15, 0.2) is 14.1 Å². The van der Waals surface area contributed by atoms with E-state index in [0.717, 1.165) is 0 Å². The van der Waals surface area contributed by atoms with Gasteiger partial charge in [-0.15, -0.1) is 0 Å². The van der Waals surface area contributed by atoms with E-state index in [-0.39, 0.29) is 0 Å². The lowest BCUT2D eigenvalue weighted by molar-refractivity contribution is 0.365. The van der Waals surface area contributed by atoms with Crippen molar-refractivity contribution in [3.05, 3.63) is 0 Å². The Morgan fingerprint density at radius 3 is 1.86 bits per heavy atom. The van der Waals surface area contributed by atoms with Crippen molar-refractivity contribution in [2.75, 3.05) is 0 Å². The van der Waals surface area contributed by atoms with Gasteiger partial charge < -0.3 is 4.43 Å². The molecule has 0 aromatic heterocycles. The highest BCUT2D eigenvalue weighted by Gasteiger charge is 2.00. The smallest absolute Gasteiger partial charge is 0.197 e. The van der Waals surface area contributed by atoms with E-state index in [2.05, 4.69) is 0 Å². The second kappa shape index (κ2) is 3.72. The highest BCUT2D eigenvalue weighted by atomic mass is 35.5. The number of hydrogen-bond donors (Lipinski definition) is 0. The summed E-state index contributed by atoms with van der Waals surface area (Å²) in [5.74, 6) is 0. The van der Waals surface area contributed by atoms with Gasteiger partial charge in [-0.3, -0.25) is 0 Å². The van der Waals surface area contributed by atoms with Crippen LogP contribution in [0.5, 0.6) is 0 Å². The molecule has 0 atom stereocenters. The van der Waals surface area contributed by atoms with E-state index in [1.54, 1.807) is 0 Å². The summed E-state index contributed by atoms with van der Waals surface area (Å²) in [6, 6.07) is 0. The largest absolute Gasteiger partial charge is 0.393 e. The van der Waals surface area contributed by atoms with Crippen LogP contribution >= 0.6 is 23.2 Å². The van der Waals surface area contributed by atoms with Crippen LogP contribution in [0.1, 0.15) is 0 Å². The molecule has 0 heterocycles. The monoisotopic (exact) mass is 158 g/mol. The highest BCUT2D eigenvalue weighted by Crippen LogP contribution is 2.04. The summed E-state index contributed by atoms with van der Waals surface area (Å²) in [5.41, 5.74) is 0. The summed E-state index contributed by atoms with van der Waals surface area (Å²) in [5, 5.41) is -0.619. The van der Waals surface area contributed by atoms with Gasteiger partial charge in [-0.2, -0.15) is 0 Å². The summed E-state index contributed by atoms with van der Waals surface area (Å²) >= 11 is 10.5. The zero-order chi connectivity index (χ0) is 5.86. The summed E-state index contributed by atoms with van der Waals surface area (Å²) in [6.07, 6.45) is 0. The van der Waals surface area contributed by atoms with Crippen LogP contribution in [0.4, 0.5) is 0 Å². The Morgan fingerprint density at radius 1 is 1.43 bits per heavy atom. The maximum atomic E-state index is 5.25. The lowest BCUT2D eigenvalue weighted by atomic mass is 11.7. The van der Waals surface area contributed by atoms with Crippen molar-refractivity contribution in [2.45, 2.75) is 18.1 Å². The van der Waals surface area contributed by atoms with Crippen molar-refractivity contribution in [3.8, 4) is 0 Å². The van der Waals surface area contributed by atoms with E-state index in [1.165, 1.54) is 0 Å². The third-order valence-electron chi connectivity index (χ3n) is 0.375. The van der Waals surface area contributed by atoms with E-state index in [9.17, 15) is 0 Å². The molecule has 0 N–H and O–H groups in total. The lowest BCUT2D eigenvalue weighted by Crippen LogP contribution is -2.10. The van der Waals surface area contributed by atoms with Crippen molar-refractivity contribution < 1.29 is 4.43 Å². The molecule has 0 fully saturated rings. The fraction of sp³-hybridized carbons (Fsp3) is 1.00. The molecule has 0 spiro atoms. The molecule has 0 saturated heterocycles. The van der Waals surface area contributed by atoms with Crippen molar-refractivity contribution in [3.63, 3.8) is 0 Å². The third kappa shape index (κ3) is 6.76. The van der Waals surface area contributed by atoms with E-state index in [4.69, 9.17) is 27.6 Å². The molecule has 0 bridgehead atoms. The van der Waals surface area contributed by atoms with Gasteiger partial charge in [-0.25, -0.2) is 0 Å². The minimum Gasteiger partial charge on any atom is -0.393 e. The summed E-state index contributed by atoms with van der Waals surface area (Å²) in [7, 11) is -0.992. The summed E-state index contributed by atoms with van der Waals surface area (Å²) < 4.78 is 4.92. The molecule has 0 aromatic carbocycles. The van der Waals surface area contributed by atoms with Gasteiger partial charge in [-0.05, 0) is 13.1 Å². The molecule has 0 saturated carbocycles. The Bertz CT molecular complexity index is 42.2. The van der Waals surface area contributed by atoms with Gasteiger partial charge in [0.2, 0.25) is 0 Å². The fourth-order valence-corrected chi connectivity index (χ4v) is 1.85. The van der Waals surface area contributed by atoms with Gasteiger partial charge >= 0.3 is 0 Å². The van der Waals surface area contributed by atoms with Crippen LogP contribution in [0.2, 0.25) is 13.1 Å². The second-order valence-electron chi connectivity index (χ2n) is 1.45.